The largest absolute Gasteiger partial charge is 0.507 e. The second-order valence-electron chi connectivity index (χ2n) is 4.70. The van der Waals surface area contributed by atoms with Gasteiger partial charge in [0.2, 0.25) is 0 Å². The number of rotatable bonds is 2. The topological polar surface area (TPSA) is 37.3 Å². The predicted octanol–water partition coefficient (Wildman–Crippen LogP) is 4.13. The Morgan fingerprint density at radius 3 is 2.19 bits per heavy atom. The third kappa shape index (κ3) is 2.20. The van der Waals surface area contributed by atoms with E-state index in [9.17, 15) is 23.1 Å². The Labute approximate surface area is 118 Å². The molecule has 5 heteroatoms. The molecular formula is C16H9F3O2. The Hall–Kier alpha value is -2.56. The van der Waals surface area contributed by atoms with Crippen LogP contribution in [0.1, 0.15) is 32.6 Å². The highest BCUT2D eigenvalue weighted by molar-refractivity contribution is 6.12. The molecule has 0 bridgehead atoms. The first-order valence-corrected chi connectivity index (χ1v) is 6.14. The van der Waals surface area contributed by atoms with Crippen LogP contribution in [-0.2, 0) is 6.18 Å². The fraction of sp³-hybridized carbons (Fsp3) is 0.0625. The molecule has 0 unspecified atom stereocenters. The summed E-state index contributed by atoms with van der Waals surface area (Å²) in [5.41, 5.74) is -0.125. The summed E-state index contributed by atoms with van der Waals surface area (Å²) in [6.07, 6.45) is -1.16. The molecule has 0 saturated carbocycles. The van der Waals surface area contributed by atoms with Crippen molar-refractivity contribution in [2.24, 2.45) is 0 Å². The van der Waals surface area contributed by atoms with Crippen molar-refractivity contribution in [1.82, 2.24) is 0 Å². The first-order chi connectivity index (χ1) is 9.88. The second-order valence-corrected chi connectivity index (χ2v) is 4.70. The van der Waals surface area contributed by atoms with E-state index < -0.39 is 23.1 Å². The van der Waals surface area contributed by atoms with E-state index in [2.05, 4.69) is 0 Å². The number of hydrogen-bond donors (Lipinski definition) is 1. The summed E-state index contributed by atoms with van der Waals surface area (Å²) in [5, 5.41) is 9.84. The molecule has 0 radical (unpaired) electrons. The molecular weight excluding hydrogens is 281 g/mol. The van der Waals surface area contributed by atoms with E-state index >= 15 is 0 Å². The third-order valence-corrected chi connectivity index (χ3v) is 3.37. The zero-order valence-corrected chi connectivity index (χ0v) is 10.6. The molecule has 0 aromatic heterocycles. The molecule has 0 atom stereocenters. The average molecular weight is 290 g/mol. The molecule has 1 aliphatic rings. The highest BCUT2D eigenvalue weighted by Crippen LogP contribution is 2.36. The lowest BCUT2D eigenvalue weighted by molar-refractivity contribution is -0.137. The Morgan fingerprint density at radius 2 is 1.57 bits per heavy atom. The number of fused-ring (bicyclic) bond motifs is 1. The standard InChI is InChI=1S/C16H9F3O2/c17-16(18,19)13-4-2-1-3-11(13)15(21)12-7-9-5-6-10(9)8-14(12)20/h1-8,20H. The van der Waals surface area contributed by atoms with Gasteiger partial charge in [-0.25, -0.2) is 0 Å². The van der Waals surface area contributed by atoms with Gasteiger partial charge < -0.3 is 5.11 Å². The molecule has 0 aliphatic heterocycles. The summed E-state index contributed by atoms with van der Waals surface area (Å²) in [6, 6.07) is 7.32. The van der Waals surface area contributed by atoms with Gasteiger partial charge in [-0.1, -0.05) is 30.4 Å². The third-order valence-electron chi connectivity index (χ3n) is 3.37. The van der Waals surface area contributed by atoms with Gasteiger partial charge in [0, 0.05) is 5.56 Å². The van der Waals surface area contributed by atoms with Gasteiger partial charge >= 0.3 is 6.18 Å². The minimum absolute atomic E-state index is 0.130. The lowest BCUT2D eigenvalue weighted by Gasteiger charge is -2.15. The van der Waals surface area contributed by atoms with Crippen LogP contribution in [0.5, 0.6) is 5.75 Å². The number of phenolic OH excluding ortho intramolecular Hbond substituents is 1. The van der Waals surface area contributed by atoms with E-state index in [0.717, 1.165) is 23.3 Å². The molecule has 0 amide bonds. The molecule has 0 fully saturated rings. The van der Waals surface area contributed by atoms with Gasteiger partial charge in [-0.2, -0.15) is 13.2 Å². The van der Waals surface area contributed by atoms with Crippen molar-refractivity contribution in [3.63, 3.8) is 0 Å². The van der Waals surface area contributed by atoms with Crippen molar-refractivity contribution in [2.45, 2.75) is 6.18 Å². The first kappa shape index (κ1) is 13.4. The number of carbonyl (C=O) groups is 1. The molecule has 2 nitrogen and oxygen atoms in total. The smallest absolute Gasteiger partial charge is 0.417 e. The van der Waals surface area contributed by atoms with Crippen LogP contribution in [0.2, 0.25) is 0 Å². The molecule has 3 rings (SSSR count). The molecule has 0 heterocycles. The van der Waals surface area contributed by atoms with Crippen molar-refractivity contribution >= 4 is 17.9 Å². The van der Waals surface area contributed by atoms with Crippen molar-refractivity contribution in [3.05, 3.63) is 64.2 Å². The lowest BCUT2D eigenvalue weighted by atomic mass is 9.90. The summed E-state index contributed by atoms with van der Waals surface area (Å²) in [6.45, 7) is 0. The molecule has 0 spiro atoms. The van der Waals surface area contributed by atoms with Gasteiger partial charge in [0.25, 0.3) is 0 Å². The Kier molecular flexibility index (Phi) is 2.86. The van der Waals surface area contributed by atoms with E-state index in [0.29, 0.717) is 0 Å². The maximum Gasteiger partial charge on any atom is 0.417 e. The number of phenols is 1. The number of benzene rings is 2. The summed E-state index contributed by atoms with van der Waals surface area (Å²) in [7, 11) is 0. The minimum atomic E-state index is -4.62. The maximum absolute atomic E-state index is 13.0. The fourth-order valence-electron chi connectivity index (χ4n) is 2.25. The van der Waals surface area contributed by atoms with Gasteiger partial charge in [0.05, 0.1) is 11.1 Å². The number of carbonyl (C=O) groups excluding carboxylic acids is 1. The SMILES string of the molecule is O=C(c1cc2c(cc1O)C=C2)c1ccccc1C(F)(F)F. The van der Waals surface area contributed by atoms with Crippen LogP contribution in [0.4, 0.5) is 13.2 Å². The van der Waals surface area contributed by atoms with Gasteiger partial charge in [0.1, 0.15) is 5.75 Å². The number of alkyl halides is 3. The van der Waals surface area contributed by atoms with Crippen LogP contribution in [0.15, 0.2) is 36.4 Å². The quantitative estimate of drug-likeness (QED) is 0.721. The maximum atomic E-state index is 13.0. The van der Waals surface area contributed by atoms with E-state index in [4.69, 9.17) is 0 Å². The fourth-order valence-corrected chi connectivity index (χ4v) is 2.25. The number of aromatic hydroxyl groups is 1. The van der Waals surface area contributed by atoms with E-state index in [1.807, 2.05) is 0 Å². The van der Waals surface area contributed by atoms with E-state index in [1.54, 1.807) is 12.2 Å². The summed E-state index contributed by atoms with van der Waals surface area (Å²) >= 11 is 0. The van der Waals surface area contributed by atoms with Crippen LogP contribution in [0.3, 0.4) is 0 Å². The van der Waals surface area contributed by atoms with Crippen molar-refractivity contribution in [1.29, 1.82) is 0 Å². The molecule has 2 aromatic carbocycles. The molecule has 1 N–H and O–H groups in total. The van der Waals surface area contributed by atoms with E-state index in [-0.39, 0.29) is 11.3 Å². The van der Waals surface area contributed by atoms with E-state index in [1.165, 1.54) is 24.3 Å². The number of halogens is 3. The molecule has 106 valence electrons. The molecule has 1 aliphatic carbocycles. The number of ketones is 1. The summed E-state index contributed by atoms with van der Waals surface area (Å²) < 4.78 is 38.9. The van der Waals surface area contributed by atoms with Crippen molar-refractivity contribution in [2.75, 3.05) is 0 Å². The number of hydrogen-bond acceptors (Lipinski definition) is 2. The van der Waals surface area contributed by atoms with Crippen LogP contribution in [0.25, 0.3) is 12.2 Å². The minimum Gasteiger partial charge on any atom is -0.507 e. The Bertz CT molecular complexity index is 774. The Morgan fingerprint density at radius 1 is 0.952 bits per heavy atom. The Balaban J connectivity index is 2.11. The predicted molar refractivity (Wildman–Crippen MR) is 71.9 cm³/mol. The highest BCUT2D eigenvalue weighted by atomic mass is 19.4. The first-order valence-electron chi connectivity index (χ1n) is 6.14. The normalized spacial score (nSPS) is 12.7. The zero-order chi connectivity index (χ0) is 15.2. The molecule has 2 aromatic rings. The van der Waals surface area contributed by atoms with Gasteiger partial charge in [-0.3, -0.25) is 4.79 Å². The zero-order valence-electron chi connectivity index (χ0n) is 10.6. The van der Waals surface area contributed by atoms with Crippen LogP contribution >= 0.6 is 0 Å². The van der Waals surface area contributed by atoms with Crippen LogP contribution < -0.4 is 0 Å². The summed E-state index contributed by atoms with van der Waals surface area (Å²) in [4.78, 5) is 12.3. The van der Waals surface area contributed by atoms with Crippen molar-refractivity contribution < 1.29 is 23.1 Å². The highest BCUT2D eigenvalue weighted by Gasteiger charge is 2.35. The van der Waals surface area contributed by atoms with Gasteiger partial charge in [0.15, 0.2) is 5.78 Å². The van der Waals surface area contributed by atoms with Crippen LogP contribution in [0, 0.1) is 0 Å². The van der Waals surface area contributed by atoms with Crippen LogP contribution in [-0.4, -0.2) is 10.9 Å². The van der Waals surface area contributed by atoms with Gasteiger partial charge in [-0.05, 0) is 29.3 Å². The average Bonchev–Trinajstić information content (AvgIpc) is 2.41. The lowest BCUT2D eigenvalue weighted by Crippen LogP contribution is -2.14. The monoisotopic (exact) mass is 290 g/mol. The summed E-state index contributed by atoms with van der Waals surface area (Å²) in [5.74, 6) is -1.16. The molecule has 21 heavy (non-hydrogen) atoms. The van der Waals surface area contributed by atoms with Gasteiger partial charge in [-0.15, -0.1) is 0 Å². The van der Waals surface area contributed by atoms with Crippen molar-refractivity contribution in [3.8, 4) is 5.75 Å². The molecule has 0 saturated heterocycles. The second kappa shape index (κ2) is 4.48.